The van der Waals surface area contributed by atoms with E-state index in [0.717, 1.165) is 17.8 Å². The number of halogens is 1. The van der Waals surface area contributed by atoms with Crippen LogP contribution < -0.4 is 5.73 Å². The third kappa shape index (κ3) is 2.00. The third-order valence-corrected chi connectivity index (χ3v) is 3.06. The number of aromatic nitrogens is 3. The van der Waals surface area contributed by atoms with Gasteiger partial charge >= 0.3 is 0 Å². The van der Waals surface area contributed by atoms with E-state index in [-0.39, 0.29) is 0 Å². The maximum Gasteiger partial charge on any atom is 0.176 e. The molecule has 0 saturated carbocycles. The highest BCUT2D eigenvalue weighted by Gasteiger charge is 2.14. The lowest BCUT2D eigenvalue weighted by Gasteiger charge is -2.07. The van der Waals surface area contributed by atoms with E-state index in [1.54, 1.807) is 16.9 Å². The monoisotopic (exact) mass is 250 g/mol. The van der Waals surface area contributed by atoms with Gasteiger partial charge in [0.2, 0.25) is 0 Å². The van der Waals surface area contributed by atoms with Gasteiger partial charge in [0.1, 0.15) is 0 Å². The lowest BCUT2D eigenvalue weighted by Crippen LogP contribution is -2.06. The van der Waals surface area contributed by atoms with Gasteiger partial charge in [-0.05, 0) is 31.9 Å². The maximum atomic E-state index is 5.92. The minimum atomic E-state index is 0.531. The quantitative estimate of drug-likeness (QED) is 0.892. The number of aryl methyl sites for hydroxylation is 1. The van der Waals surface area contributed by atoms with Crippen LogP contribution in [0.3, 0.4) is 0 Å². The van der Waals surface area contributed by atoms with Gasteiger partial charge in [0.15, 0.2) is 5.82 Å². The van der Waals surface area contributed by atoms with Gasteiger partial charge in [0, 0.05) is 11.9 Å². The van der Waals surface area contributed by atoms with Gasteiger partial charge in [0.05, 0.1) is 16.4 Å². The normalized spacial score (nSPS) is 10.8. The number of hydrogen-bond donors (Lipinski definition) is 1. The van der Waals surface area contributed by atoms with Crippen LogP contribution in [0.1, 0.15) is 23.9 Å². The molecule has 0 saturated heterocycles. The Balaban J connectivity index is 2.61. The van der Waals surface area contributed by atoms with Crippen molar-refractivity contribution < 1.29 is 0 Å². The van der Waals surface area contributed by atoms with Crippen molar-refractivity contribution in [1.29, 1.82) is 0 Å². The minimum absolute atomic E-state index is 0.531. The first-order valence-corrected chi connectivity index (χ1v) is 5.88. The van der Waals surface area contributed by atoms with Crippen molar-refractivity contribution >= 4 is 17.3 Å². The summed E-state index contributed by atoms with van der Waals surface area (Å²) in [7, 11) is 0. The summed E-state index contributed by atoms with van der Waals surface area (Å²) in [6, 6.07) is 1.69. The van der Waals surface area contributed by atoms with Gasteiger partial charge in [0.25, 0.3) is 0 Å². The summed E-state index contributed by atoms with van der Waals surface area (Å²) in [5, 5.41) is 5.00. The average molecular weight is 251 g/mol. The van der Waals surface area contributed by atoms with Crippen LogP contribution in [-0.2, 0) is 6.42 Å². The highest BCUT2D eigenvalue weighted by Crippen LogP contribution is 2.22. The maximum absolute atomic E-state index is 5.92. The zero-order chi connectivity index (χ0) is 12.6. The van der Waals surface area contributed by atoms with Gasteiger partial charge in [-0.15, -0.1) is 0 Å². The summed E-state index contributed by atoms with van der Waals surface area (Å²) in [6.45, 7) is 6.13. The number of hydrogen-bond acceptors (Lipinski definition) is 3. The molecule has 2 heterocycles. The molecular formula is C12H15ClN4. The Morgan fingerprint density at radius 2 is 2.12 bits per heavy atom. The zero-order valence-electron chi connectivity index (χ0n) is 10.2. The fourth-order valence-electron chi connectivity index (χ4n) is 2.02. The summed E-state index contributed by atoms with van der Waals surface area (Å²) >= 11 is 5.84. The number of nitrogen functional groups attached to an aromatic ring is 1. The number of rotatable bonds is 2. The molecule has 90 valence electrons. The van der Waals surface area contributed by atoms with Crippen LogP contribution in [0.4, 0.5) is 5.69 Å². The van der Waals surface area contributed by atoms with E-state index in [2.05, 4.69) is 17.0 Å². The summed E-state index contributed by atoms with van der Waals surface area (Å²) in [4.78, 5) is 4.24. The average Bonchev–Trinajstić information content (AvgIpc) is 2.54. The van der Waals surface area contributed by atoms with Gasteiger partial charge in [-0.1, -0.05) is 18.5 Å². The van der Waals surface area contributed by atoms with Gasteiger partial charge in [-0.25, -0.2) is 9.67 Å². The van der Waals surface area contributed by atoms with Crippen molar-refractivity contribution in [3.05, 3.63) is 34.2 Å². The first kappa shape index (κ1) is 11.9. The fraction of sp³-hybridized carbons (Fsp3) is 0.333. The molecule has 0 unspecified atom stereocenters. The van der Waals surface area contributed by atoms with Crippen LogP contribution in [-0.4, -0.2) is 14.8 Å². The lowest BCUT2D eigenvalue weighted by molar-refractivity contribution is 0.808. The number of anilines is 1. The molecule has 2 aromatic rings. The SMILES string of the molecule is CCc1c(C)nn(-c2ncc(Cl)cc2N)c1C. The molecule has 0 fully saturated rings. The molecule has 17 heavy (non-hydrogen) atoms. The predicted octanol–water partition coefficient (Wildman–Crippen LogP) is 2.68. The third-order valence-electron chi connectivity index (χ3n) is 2.86. The molecular weight excluding hydrogens is 236 g/mol. The van der Waals surface area contributed by atoms with Crippen LogP contribution in [0.15, 0.2) is 12.3 Å². The van der Waals surface area contributed by atoms with Crippen molar-refractivity contribution in [3.63, 3.8) is 0 Å². The molecule has 0 spiro atoms. The summed E-state index contributed by atoms with van der Waals surface area (Å²) in [6.07, 6.45) is 2.53. The molecule has 2 rings (SSSR count). The second-order valence-corrected chi connectivity index (χ2v) is 4.42. The van der Waals surface area contributed by atoms with Crippen molar-refractivity contribution in [2.24, 2.45) is 0 Å². The smallest absolute Gasteiger partial charge is 0.176 e. The first-order valence-electron chi connectivity index (χ1n) is 5.51. The van der Waals surface area contributed by atoms with E-state index in [9.17, 15) is 0 Å². The molecule has 5 heteroatoms. The number of nitrogens with zero attached hydrogens (tertiary/aromatic N) is 3. The van der Waals surface area contributed by atoms with E-state index >= 15 is 0 Å². The first-order chi connectivity index (χ1) is 8.04. The van der Waals surface area contributed by atoms with E-state index < -0.39 is 0 Å². The van der Waals surface area contributed by atoms with Gasteiger partial charge < -0.3 is 5.73 Å². The molecule has 0 amide bonds. The highest BCUT2D eigenvalue weighted by molar-refractivity contribution is 6.30. The molecule has 0 aliphatic heterocycles. The Labute approximate surface area is 105 Å². The number of pyridine rings is 1. The van der Waals surface area contributed by atoms with Gasteiger partial charge in [-0.2, -0.15) is 5.10 Å². The second kappa shape index (κ2) is 4.37. The molecule has 2 aromatic heterocycles. The van der Waals surface area contributed by atoms with Gasteiger partial charge in [-0.3, -0.25) is 0 Å². The molecule has 0 atom stereocenters. The Hall–Kier alpha value is -1.55. The van der Waals surface area contributed by atoms with Crippen LogP contribution >= 0.6 is 11.6 Å². The van der Waals surface area contributed by atoms with E-state index in [0.29, 0.717) is 16.5 Å². The summed E-state index contributed by atoms with van der Waals surface area (Å²) in [5.74, 6) is 0.634. The fourth-order valence-corrected chi connectivity index (χ4v) is 2.18. The second-order valence-electron chi connectivity index (χ2n) is 3.98. The van der Waals surface area contributed by atoms with Crippen molar-refractivity contribution in [2.45, 2.75) is 27.2 Å². The van der Waals surface area contributed by atoms with Crippen LogP contribution in [0, 0.1) is 13.8 Å². The Bertz CT molecular complexity index is 560. The number of nitrogens with two attached hydrogens (primary N) is 1. The Kier molecular flexibility index (Phi) is 3.07. The summed E-state index contributed by atoms with van der Waals surface area (Å²) in [5.41, 5.74) is 9.78. The summed E-state index contributed by atoms with van der Waals surface area (Å²) < 4.78 is 1.78. The Morgan fingerprint density at radius 1 is 1.41 bits per heavy atom. The van der Waals surface area contributed by atoms with Crippen LogP contribution in [0.5, 0.6) is 0 Å². The van der Waals surface area contributed by atoms with E-state index in [1.165, 1.54) is 5.56 Å². The zero-order valence-corrected chi connectivity index (χ0v) is 10.9. The van der Waals surface area contributed by atoms with Crippen LogP contribution in [0.2, 0.25) is 5.02 Å². The molecule has 0 aromatic carbocycles. The largest absolute Gasteiger partial charge is 0.396 e. The Morgan fingerprint density at radius 3 is 2.65 bits per heavy atom. The predicted molar refractivity (Wildman–Crippen MR) is 69.6 cm³/mol. The van der Waals surface area contributed by atoms with Crippen molar-refractivity contribution in [1.82, 2.24) is 14.8 Å². The molecule has 0 radical (unpaired) electrons. The van der Waals surface area contributed by atoms with E-state index in [1.807, 2.05) is 13.8 Å². The van der Waals surface area contributed by atoms with Crippen molar-refractivity contribution in [3.8, 4) is 5.82 Å². The molecule has 0 bridgehead atoms. The highest BCUT2D eigenvalue weighted by atomic mass is 35.5. The molecule has 4 nitrogen and oxygen atoms in total. The molecule has 0 aliphatic rings. The molecule has 0 aliphatic carbocycles. The molecule has 2 N–H and O–H groups in total. The minimum Gasteiger partial charge on any atom is -0.396 e. The van der Waals surface area contributed by atoms with Crippen molar-refractivity contribution in [2.75, 3.05) is 5.73 Å². The lowest BCUT2D eigenvalue weighted by atomic mass is 10.1. The van der Waals surface area contributed by atoms with Crippen LogP contribution in [0.25, 0.3) is 5.82 Å². The topological polar surface area (TPSA) is 56.7 Å². The van der Waals surface area contributed by atoms with E-state index in [4.69, 9.17) is 17.3 Å². The standard InChI is InChI=1S/C12H15ClN4/c1-4-10-7(2)16-17(8(10)3)12-11(14)5-9(13)6-15-12/h5-6H,4,14H2,1-3H3.